The fourth-order valence-corrected chi connectivity index (χ4v) is 2.56. The van der Waals surface area contributed by atoms with Gasteiger partial charge < -0.3 is 10.5 Å². The van der Waals surface area contributed by atoms with Crippen LogP contribution in [0.15, 0.2) is 0 Å². The molecule has 0 amide bonds. The molecule has 1 aliphatic rings. The summed E-state index contributed by atoms with van der Waals surface area (Å²) in [6.45, 7) is 8.77. The molecule has 1 heterocycles. The van der Waals surface area contributed by atoms with Crippen molar-refractivity contribution in [2.45, 2.75) is 51.7 Å². The van der Waals surface area contributed by atoms with Crippen molar-refractivity contribution in [2.24, 2.45) is 11.7 Å². The van der Waals surface area contributed by atoms with Crippen molar-refractivity contribution < 1.29 is 4.74 Å². The lowest BCUT2D eigenvalue weighted by molar-refractivity contribution is 0.0199. The first kappa shape index (κ1) is 12.9. The van der Waals surface area contributed by atoms with Gasteiger partial charge in [-0.05, 0) is 25.7 Å². The highest BCUT2D eigenvalue weighted by Crippen LogP contribution is 2.22. The van der Waals surface area contributed by atoms with Gasteiger partial charge >= 0.3 is 0 Å². The van der Waals surface area contributed by atoms with Crippen LogP contribution in [-0.4, -0.2) is 43.3 Å². The van der Waals surface area contributed by atoms with Crippen LogP contribution < -0.4 is 5.73 Å². The van der Waals surface area contributed by atoms with Gasteiger partial charge in [-0.25, -0.2) is 0 Å². The van der Waals surface area contributed by atoms with Gasteiger partial charge in [0.2, 0.25) is 0 Å². The number of ether oxygens (including phenoxy) is 1. The summed E-state index contributed by atoms with van der Waals surface area (Å²) in [5.74, 6) is 0.640. The van der Waals surface area contributed by atoms with E-state index in [4.69, 9.17) is 10.5 Å². The average Bonchev–Trinajstić information content (AvgIpc) is 2.15. The lowest BCUT2D eigenvalue weighted by atomic mass is 9.93. The Morgan fingerprint density at radius 2 is 2.13 bits per heavy atom. The molecule has 0 aromatic heterocycles. The van der Waals surface area contributed by atoms with E-state index in [0.717, 1.165) is 26.0 Å². The van der Waals surface area contributed by atoms with E-state index in [1.807, 2.05) is 0 Å². The van der Waals surface area contributed by atoms with Crippen LogP contribution in [-0.2, 0) is 4.74 Å². The monoisotopic (exact) mass is 214 g/mol. The highest BCUT2D eigenvalue weighted by molar-refractivity contribution is 4.86. The first-order valence-electron chi connectivity index (χ1n) is 6.06. The molecule has 90 valence electrons. The van der Waals surface area contributed by atoms with E-state index in [9.17, 15) is 0 Å². The maximum Gasteiger partial charge on any atom is 0.0620 e. The smallest absolute Gasteiger partial charge is 0.0620 e. The van der Waals surface area contributed by atoms with Crippen molar-refractivity contribution in [1.82, 2.24) is 4.90 Å². The summed E-state index contributed by atoms with van der Waals surface area (Å²) in [5.41, 5.74) is 5.98. The number of likely N-dealkylation sites (tertiary alicyclic amines) is 1. The molecule has 0 aromatic rings. The third kappa shape index (κ3) is 3.44. The van der Waals surface area contributed by atoms with Crippen LogP contribution >= 0.6 is 0 Å². The Bertz CT molecular complexity index is 184. The fourth-order valence-electron chi connectivity index (χ4n) is 2.56. The highest BCUT2D eigenvalue weighted by atomic mass is 16.5. The van der Waals surface area contributed by atoms with Crippen molar-refractivity contribution in [3.63, 3.8) is 0 Å². The second-order valence-corrected chi connectivity index (χ2v) is 5.14. The maximum absolute atomic E-state index is 5.98. The number of nitrogens with zero attached hydrogens (tertiary/aromatic N) is 1. The van der Waals surface area contributed by atoms with Gasteiger partial charge in [-0.2, -0.15) is 0 Å². The molecule has 0 aliphatic carbocycles. The van der Waals surface area contributed by atoms with Gasteiger partial charge in [0.25, 0.3) is 0 Å². The molecule has 1 rings (SSSR count). The standard InChI is InChI=1S/C12H26N2O/c1-9(2)12(8-15-4)14-6-5-11(13)7-10(14)3/h9-12H,5-8,13H2,1-4H3. The summed E-state index contributed by atoms with van der Waals surface area (Å²) >= 11 is 0. The largest absolute Gasteiger partial charge is 0.383 e. The van der Waals surface area contributed by atoms with Gasteiger partial charge in [0, 0.05) is 31.8 Å². The topological polar surface area (TPSA) is 38.5 Å². The van der Waals surface area contributed by atoms with Gasteiger partial charge in [0.05, 0.1) is 6.61 Å². The number of rotatable bonds is 4. The molecule has 1 saturated heterocycles. The summed E-state index contributed by atoms with van der Waals surface area (Å²) in [7, 11) is 1.79. The van der Waals surface area contributed by atoms with Crippen LogP contribution in [0.3, 0.4) is 0 Å². The molecule has 1 aliphatic heterocycles. The van der Waals surface area contributed by atoms with Crippen molar-refractivity contribution in [3.8, 4) is 0 Å². The van der Waals surface area contributed by atoms with E-state index >= 15 is 0 Å². The van der Waals surface area contributed by atoms with Crippen LogP contribution in [0.1, 0.15) is 33.6 Å². The highest BCUT2D eigenvalue weighted by Gasteiger charge is 2.30. The van der Waals surface area contributed by atoms with E-state index < -0.39 is 0 Å². The molecule has 3 atom stereocenters. The van der Waals surface area contributed by atoms with Crippen molar-refractivity contribution >= 4 is 0 Å². The van der Waals surface area contributed by atoms with Gasteiger partial charge in [0.15, 0.2) is 0 Å². The second-order valence-electron chi connectivity index (χ2n) is 5.14. The third-order valence-electron chi connectivity index (χ3n) is 3.50. The predicted molar refractivity (Wildman–Crippen MR) is 63.9 cm³/mol. The van der Waals surface area contributed by atoms with E-state index in [-0.39, 0.29) is 0 Å². The summed E-state index contributed by atoms with van der Waals surface area (Å²) in [5, 5.41) is 0. The lowest BCUT2D eigenvalue weighted by Crippen LogP contribution is -2.53. The van der Waals surface area contributed by atoms with Gasteiger partial charge in [0.1, 0.15) is 0 Å². The molecule has 15 heavy (non-hydrogen) atoms. The molecule has 3 unspecified atom stereocenters. The zero-order valence-electron chi connectivity index (χ0n) is 10.6. The number of methoxy groups -OCH3 is 1. The second kappa shape index (κ2) is 5.83. The Morgan fingerprint density at radius 1 is 1.47 bits per heavy atom. The minimum Gasteiger partial charge on any atom is -0.383 e. The quantitative estimate of drug-likeness (QED) is 0.770. The number of hydrogen-bond donors (Lipinski definition) is 1. The lowest BCUT2D eigenvalue weighted by Gasteiger charge is -2.43. The van der Waals surface area contributed by atoms with Crippen LogP contribution in [0.25, 0.3) is 0 Å². The normalized spacial score (nSPS) is 30.8. The van der Waals surface area contributed by atoms with E-state index in [0.29, 0.717) is 24.0 Å². The number of nitrogens with two attached hydrogens (primary N) is 1. The van der Waals surface area contributed by atoms with E-state index in [1.54, 1.807) is 7.11 Å². The van der Waals surface area contributed by atoms with Crippen LogP contribution in [0.4, 0.5) is 0 Å². The molecule has 0 bridgehead atoms. The van der Waals surface area contributed by atoms with Crippen molar-refractivity contribution in [1.29, 1.82) is 0 Å². The zero-order valence-corrected chi connectivity index (χ0v) is 10.6. The summed E-state index contributed by atoms with van der Waals surface area (Å²) in [6.07, 6.45) is 2.24. The average molecular weight is 214 g/mol. The Labute approximate surface area is 94.0 Å². The zero-order chi connectivity index (χ0) is 11.4. The minimum atomic E-state index is 0.395. The van der Waals surface area contributed by atoms with Gasteiger partial charge in [-0.15, -0.1) is 0 Å². The Hall–Kier alpha value is -0.120. The molecular weight excluding hydrogens is 188 g/mol. The van der Waals surface area contributed by atoms with Crippen molar-refractivity contribution in [3.05, 3.63) is 0 Å². The molecule has 3 heteroatoms. The van der Waals surface area contributed by atoms with Crippen molar-refractivity contribution in [2.75, 3.05) is 20.3 Å². The van der Waals surface area contributed by atoms with E-state index in [1.165, 1.54) is 0 Å². The van der Waals surface area contributed by atoms with Crippen LogP contribution in [0.5, 0.6) is 0 Å². The number of hydrogen-bond acceptors (Lipinski definition) is 3. The summed E-state index contributed by atoms with van der Waals surface area (Å²) < 4.78 is 5.32. The number of piperidine rings is 1. The van der Waals surface area contributed by atoms with Gasteiger partial charge in [-0.1, -0.05) is 13.8 Å². The Kier molecular flexibility index (Phi) is 5.03. The molecule has 0 aromatic carbocycles. The fraction of sp³-hybridized carbons (Fsp3) is 1.00. The van der Waals surface area contributed by atoms with E-state index in [2.05, 4.69) is 25.7 Å². The summed E-state index contributed by atoms with van der Waals surface area (Å²) in [6, 6.07) is 1.53. The Morgan fingerprint density at radius 3 is 2.60 bits per heavy atom. The third-order valence-corrected chi connectivity index (χ3v) is 3.50. The summed E-state index contributed by atoms with van der Waals surface area (Å²) in [4.78, 5) is 2.57. The molecule has 2 N–H and O–H groups in total. The minimum absolute atomic E-state index is 0.395. The molecule has 1 fully saturated rings. The van der Waals surface area contributed by atoms with Crippen LogP contribution in [0, 0.1) is 5.92 Å². The SMILES string of the molecule is COCC(C(C)C)N1CCC(N)CC1C. The van der Waals surface area contributed by atoms with Gasteiger partial charge in [-0.3, -0.25) is 4.90 Å². The first-order valence-corrected chi connectivity index (χ1v) is 6.06. The molecule has 0 saturated carbocycles. The predicted octanol–water partition coefficient (Wildman–Crippen LogP) is 1.47. The first-order chi connectivity index (χ1) is 7.06. The molecule has 3 nitrogen and oxygen atoms in total. The maximum atomic E-state index is 5.98. The molecular formula is C12H26N2O. The molecule has 0 spiro atoms. The van der Waals surface area contributed by atoms with Crippen LogP contribution in [0.2, 0.25) is 0 Å². The Balaban J connectivity index is 2.58. The molecule has 0 radical (unpaired) electrons.